The van der Waals surface area contributed by atoms with Crippen LogP contribution in [0.15, 0.2) is 12.2 Å². The molecule has 6 heteroatoms. The molecule has 1 aliphatic heterocycles. The van der Waals surface area contributed by atoms with Crippen molar-refractivity contribution in [2.24, 2.45) is 0 Å². The topological polar surface area (TPSA) is 84.9 Å². The Balaban J connectivity index is 2.60. The van der Waals surface area contributed by atoms with Gasteiger partial charge in [0, 0.05) is 6.42 Å². The van der Waals surface area contributed by atoms with Crippen molar-refractivity contribution >= 4 is 11.9 Å². The fourth-order valence-electron chi connectivity index (χ4n) is 1.67. The second-order valence-corrected chi connectivity index (χ2v) is 4.01. The van der Waals surface area contributed by atoms with Crippen molar-refractivity contribution in [1.29, 1.82) is 0 Å². The van der Waals surface area contributed by atoms with Gasteiger partial charge in [-0.15, -0.1) is 0 Å². The largest absolute Gasteiger partial charge is 0.469 e. The van der Waals surface area contributed by atoms with E-state index in [1.54, 1.807) is 19.1 Å². The number of rotatable bonds is 5. The first-order valence-corrected chi connectivity index (χ1v) is 5.91. The van der Waals surface area contributed by atoms with Crippen molar-refractivity contribution in [2.45, 2.75) is 38.0 Å². The van der Waals surface area contributed by atoms with Gasteiger partial charge in [0.25, 0.3) is 0 Å². The van der Waals surface area contributed by atoms with Crippen LogP contribution >= 0.6 is 0 Å². The number of hydrogen-bond acceptors (Lipinski definition) is 5. The molecule has 3 atom stereocenters. The molecule has 6 nitrogen and oxygen atoms in total. The minimum absolute atomic E-state index is 0.0952. The summed E-state index contributed by atoms with van der Waals surface area (Å²) in [5, 5.41) is 12.0. The van der Waals surface area contributed by atoms with E-state index in [-0.39, 0.29) is 30.9 Å². The Labute approximate surface area is 106 Å². The Morgan fingerprint density at radius 1 is 1.44 bits per heavy atom. The van der Waals surface area contributed by atoms with Crippen LogP contribution in [0.25, 0.3) is 0 Å². The molecule has 0 saturated carbocycles. The van der Waals surface area contributed by atoms with E-state index in [1.165, 1.54) is 7.11 Å². The Bertz CT molecular complexity index is 328. The number of aliphatic hydroxyl groups excluding tert-OH is 1. The van der Waals surface area contributed by atoms with Crippen molar-refractivity contribution in [3.8, 4) is 0 Å². The maximum atomic E-state index is 11.3. The third-order valence-electron chi connectivity index (χ3n) is 2.71. The maximum absolute atomic E-state index is 11.3. The summed E-state index contributed by atoms with van der Waals surface area (Å²) in [7, 11) is 1.31. The van der Waals surface area contributed by atoms with E-state index in [9.17, 15) is 14.7 Å². The van der Waals surface area contributed by atoms with Gasteiger partial charge in [-0.25, -0.2) is 0 Å². The standard InChI is InChI=1S/C12H19NO5/c1-3-11(15)13-9-5-4-8(6-12(16)17-2)18-10(9)7-14/h4-5,8-10,14H,3,6-7H2,1-2H3,(H,13,15)/t8-,9-,10-/m0/s1. The van der Waals surface area contributed by atoms with E-state index in [2.05, 4.69) is 10.1 Å². The molecule has 1 rings (SSSR count). The van der Waals surface area contributed by atoms with Crippen LogP contribution < -0.4 is 5.32 Å². The molecular formula is C12H19NO5. The molecule has 0 radical (unpaired) electrons. The molecule has 0 aromatic heterocycles. The number of carbonyl (C=O) groups is 2. The van der Waals surface area contributed by atoms with E-state index >= 15 is 0 Å². The Morgan fingerprint density at radius 3 is 2.72 bits per heavy atom. The monoisotopic (exact) mass is 257 g/mol. The summed E-state index contributed by atoms with van der Waals surface area (Å²) in [6.07, 6.45) is 2.94. The van der Waals surface area contributed by atoms with Gasteiger partial charge in [0.15, 0.2) is 0 Å². The highest BCUT2D eigenvalue weighted by Gasteiger charge is 2.28. The summed E-state index contributed by atoms with van der Waals surface area (Å²) in [5.74, 6) is -0.490. The predicted octanol–water partition coefficient (Wildman–Crippen LogP) is -0.240. The Morgan fingerprint density at radius 2 is 2.17 bits per heavy atom. The van der Waals surface area contributed by atoms with Crippen LogP contribution in [0.1, 0.15) is 19.8 Å². The van der Waals surface area contributed by atoms with Gasteiger partial charge in [-0.3, -0.25) is 9.59 Å². The molecule has 2 N–H and O–H groups in total. The number of ether oxygens (including phenoxy) is 2. The lowest BCUT2D eigenvalue weighted by Crippen LogP contribution is -2.48. The van der Waals surface area contributed by atoms with Crippen LogP contribution in [-0.4, -0.2) is 48.9 Å². The molecule has 1 heterocycles. The third kappa shape index (κ3) is 4.12. The summed E-state index contributed by atoms with van der Waals surface area (Å²) >= 11 is 0. The molecule has 102 valence electrons. The number of aliphatic hydroxyl groups is 1. The maximum Gasteiger partial charge on any atom is 0.308 e. The molecule has 0 unspecified atom stereocenters. The lowest BCUT2D eigenvalue weighted by molar-refractivity contribution is -0.145. The fourth-order valence-corrected chi connectivity index (χ4v) is 1.67. The first-order chi connectivity index (χ1) is 8.60. The number of esters is 1. The second kappa shape index (κ2) is 7.13. The first kappa shape index (κ1) is 14.7. The lowest BCUT2D eigenvalue weighted by atomic mass is 10.0. The van der Waals surface area contributed by atoms with Crippen LogP contribution in [0.5, 0.6) is 0 Å². The van der Waals surface area contributed by atoms with E-state index in [0.29, 0.717) is 6.42 Å². The van der Waals surface area contributed by atoms with Crippen LogP contribution in [0.3, 0.4) is 0 Å². The Hall–Kier alpha value is -1.40. The molecular weight excluding hydrogens is 238 g/mol. The number of carbonyl (C=O) groups excluding carboxylic acids is 2. The molecule has 0 aromatic carbocycles. The molecule has 0 saturated heterocycles. The summed E-state index contributed by atoms with van der Waals surface area (Å²) in [4.78, 5) is 22.4. The highest BCUT2D eigenvalue weighted by atomic mass is 16.5. The van der Waals surface area contributed by atoms with Crippen molar-refractivity contribution in [3.63, 3.8) is 0 Å². The van der Waals surface area contributed by atoms with Gasteiger partial charge < -0.3 is 19.9 Å². The van der Waals surface area contributed by atoms with Gasteiger partial charge in [0.2, 0.25) is 5.91 Å². The number of hydrogen-bond donors (Lipinski definition) is 2. The summed E-state index contributed by atoms with van der Waals surface area (Å²) in [5.41, 5.74) is 0. The third-order valence-corrected chi connectivity index (χ3v) is 2.71. The van der Waals surface area contributed by atoms with Gasteiger partial charge in [-0.2, -0.15) is 0 Å². The van der Waals surface area contributed by atoms with E-state index in [1.807, 2.05) is 0 Å². The highest BCUT2D eigenvalue weighted by Crippen LogP contribution is 2.16. The summed E-state index contributed by atoms with van der Waals surface area (Å²) < 4.78 is 10.1. The molecule has 1 aliphatic rings. The number of nitrogens with one attached hydrogen (secondary N) is 1. The summed E-state index contributed by atoms with van der Waals surface area (Å²) in [6.45, 7) is 1.52. The van der Waals surface area contributed by atoms with Crippen molar-refractivity contribution in [1.82, 2.24) is 5.32 Å². The Kier molecular flexibility index (Phi) is 5.80. The van der Waals surface area contributed by atoms with Crippen molar-refractivity contribution in [2.75, 3.05) is 13.7 Å². The second-order valence-electron chi connectivity index (χ2n) is 4.01. The first-order valence-electron chi connectivity index (χ1n) is 5.91. The minimum atomic E-state index is -0.542. The van der Waals surface area contributed by atoms with E-state index in [4.69, 9.17) is 4.74 Å². The smallest absolute Gasteiger partial charge is 0.308 e. The number of methoxy groups -OCH3 is 1. The van der Waals surface area contributed by atoms with Gasteiger partial charge in [-0.1, -0.05) is 19.1 Å². The molecule has 0 aromatic rings. The zero-order valence-corrected chi connectivity index (χ0v) is 10.6. The highest BCUT2D eigenvalue weighted by molar-refractivity contribution is 5.76. The SMILES string of the molecule is CCC(=O)N[C@H]1C=C[C@@H](CC(=O)OC)O[C@H]1CO. The quantitative estimate of drug-likeness (QED) is 0.524. The predicted molar refractivity (Wildman–Crippen MR) is 63.7 cm³/mol. The van der Waals surface area contributed by atoms with Gasteiger partial charge >= 0.3 is 5.97 Å². The zero-order valence-electron chi connectivity index (χ0n) is 10.6. The van der Waals surface area contributed by atoms with Gasteiger partial charge in [0.05, 0.1) is 32.3 Å². The summed E-state index contributed by atoms with van der Waals surface area (Å²) in [6, 6.07) is -0.364. The fraction of sp³-hybridized carbons (Fsp3) is 0.667. The molecule has 1 amide bonds. The molecule has 0 aliphatic carbocycles. The molecule has 0 spiro atoms. The van der Waals surface area contributed by atoms with Crippen LogP contribution in [0, 0.1) is 0 Å². The molecule has 0 fully saturated rings. The van der Waals surface area contributed by atoms with Crippen molar-refractivity contribution < 1.29 is 24.2 Å². The number of amides is 1. The van der Waals surface area contributed by atoms with Crippen LogP contribution in [0.2, 0.25) is 0 Å². The van der Waals surface area contributed by atoms with Crippen LogP contribution in [0.4, 0.5) is 0 Å². The van der Waals surface area contributed by atoms with Crippen molar-refractivity contribution in [3.05, 3.63) is 12.2 Å². The van der Waals surface area contributed by atoms with Crippen LogP contribution in [-0.2, 0) is 19.1 Å². The zero-order chi connectivity index (χ0) is 13.5. The van der Waals surface area contributed by atoms with Gasteiger partial charge in [-0.05, 0) is 0 Å². The average molecular weight is 257 g/mol. The average Bonchev–Trinajstić information content (AvgIpc) is 2.39. The van der Waals surface area contributed by atoms with Gasteiger partial charge in [0.1, 0.15) is 6.10 Å². The molecule has 18 heavy (non-hydrogen) atoms. The molecule has 0 bridgehead atoms. The van der Waals surface area contributed by atoms with E-state index in [0.717, 1.165) is 0 Å². The lowest BCUT2D eigenvalue weighted by Gasteiger charge is -2.31. The normalized spacial score (nSPS) is 26.7. The minimum Gasteiger partial charge on any atom is -0.469 e. The van der Waals surface area contributed by atoms with E-state index < -0.39 is 12.2 Å².